The van der Waals surface area contributed by atoms with E-state index in [2.05, 4.69) is 5.10 Å². The molecule has 0 saturated carbocycles. The molecule has 0 fully saturated rings. The molecule has 74 valence electrons. The Morgan fingerprint density at radius 1 is 1.62 bits per heavy atom. The zero-order chi connectivity index (χ0) is 10.4. The van der Waals surface area contributed by atoms with Gasteiger partial charge in [0.2, 0.25) is 0 Å². The molecule has 1 heterocycles. The molecule has 0 aromatic carbocycles. The van der Waals surface area contributed by atoms with E-state index >= 15 is 0 Å². The molecule has 0 N–H and O–H groups in total. The summed E-state index contributed by atoms with van der Waals surface area (Å²) < 4.78 is 1.28. The van der Waals surface area contributed by atoms with E-state index in [-0.39, 0.29) is 5.82 Å². The number of rotatable bonds is 2. The largest absolute Gasteiger partial charge is 0.358 e. The molecule has 0 spiro atoms. The Labute approximate surface area is 77.5 Å². The molecule has 0 aliphatic heterocycles. The minimum atomic E-state index is -0.411. The highest BCUT2D eigenvalue weighted by atomic mass is 16.6. The number of nitro groups is 1. The van der Waals surface area contributed by atoms with Crippen LogP contribution in [0.4, 0.5) is 5.82 Å². The lowest BCUT2D eigenvalue weighted by Crippen LogP contribution is -1.99. The molecule has 5 nitrogen and oxygen atoms in total. The minimum absolute atomic E-state index is 0.0903. The van der Waals surface area contributed by atoms with E-state index in [1.54, 1.807) is 7.05 Å². The van der Waals surface area contributed by atoms with Crippen molar-refractivity contribution >= 4 is 5.82 Å². The van der Waals surface area contributed by atoms with Crippen LogP contribution in [0.1, 0.15) is 26.3 Å². The molecule has 0 bridgehead atoms. The molecular formula is C8H15N3O2. The van der Waals surface area contributed by atoms with Crippen LogP contribution >= 0.6 is 0 Å². The molecule has 0 saturated heterocycles. The SMILES string of the molecule is CC.CCc1cnn(C)c1[N+](=O)[O-]. The lowest BCUT2D eigenvalue weighted by Gasteiger charge is -1.94. The first-order valence-corrected chi connectivity index (χ1v) is 4.32. The van der Waals surface area contributed by atoms with E-state index in [4.69, 9.17) is 0 Å². The monoisotopic (exact) mass is 185 g/mol. The average Bonchev–Trinajstić information content (AvgIpc) is 2.50. The van der Waals surface area contributed by atoms with Crippen LogP contribution in [0, 0.1) is 10.1 Å². The number of aryl methyl sites for hydroxylation is 2. The van der Waals surface area contributed by atoms with E-state index in [9.17, 15) is 10.1 Å². The van der Waals surface area contributed by atoms with Gasteiger partial charge >= 0.3 is 5.82 Å². The van der Waals surface area contributed by atoms with Gasteiger partial charge in [-0.05, 0) is 11.3 Å². The zero-order valence-corrected chi connectivity index (χ0v) is 8.44. The molecule has 1 aromatic heterocycles. The predicted octanol–water partition coefficient (Wildman–Crippen LogP) is 1.92. The van der Waals surface area contributed by atoms with Crippen molar-refractivity contribution in [2.45, 2.75) is 27.2 Å². The molecule has 1 rings (SSSR count). The fourth-order valence-corrected chi connectivity index (χ4v) is 0.961. The van der Waals surface area contributed by atoms with Crippen molar-refractivity contribution in [1.82, 2.24) is 9.78 Å². The maximum atomic E-state index is 10.4. The molecule has 1 aromatic rings. The Bertz CT molecular complexity index is 281. The highest BCUT2D eigenvalue weighted by molar-refractivity contribution is 5.30. The van der Waals surface area contributed by atoms with Crippen molar-refractivity contribution in [3.8, 4) is 0 Å². The molecule has 13 heavy (non-hydrogen) atoms. The fourth-order valence-electron chi connectivity index (χ4n) is 0.961. The third-order valence-electron chi connectivity index (χ3n) is 1.53. The van der Waals surface area contributed by atoms with E-state index < -0.39 is 4.92 Å². The second kappa shape index (κ2) is 5.29. The summed E-state index contributed by atoms with van der Waals surface area (Å²) in [6.07, 6.45) is 2.17. The van der Waals surface area contributed by atoms with Crippen LogP contribution in [-0.4, -0.2) is 14.7 Å². The maximum Gasteiger partial charge on any atom is 0.347 e. The zero-order valence-electron chi connectivity index (χ0n) is 8.44. The van der Waals surface area contributed by atoms with Crippen LogP contribution in [0.2, 0.25) is 0 Å². The highest BCUT2D eigenvalue weighted by Crippen LogP contribution is 2.16. The second-order valence-electron chi connectivity index (χ2n) is 2.23. The Morgan fingerprint density at radius 3 is 2.46 bits per heavy atom. The van der Waals surface area contributed by atoms with E-state index in [0.29, 0.717) is 12.0 Å². The first kappa shape index (κ1) is 11.6. The number of hydrogen-bond acceptors (Lipinski definition) is 3. The lowest BCUT2D eigenvalue weighted by atomic mass is 10.3. The predicted molar refractivity (Wildman–Crippen MR) is 50.6 cm³/mol. The van der Waals surface area contributed by atoms with E-state index in [1.807, 2.05) is 20.8 Å². The van der Waals surface area contributed by atoms with Crippen LogP contribution < -0.4 is 0 Å². The van der Waals surface area contributed by atoms with Gasteiger partial charge in [-0.15, -0.1) is 4.68 Å². The van der Waals surface area contributed by atoms with Gasteiger partial charge in [0.05, 0.1) is 11.8 Å². The standard InChI is InChI=1S/C6H9N3O2.C2H6/c1-3-5-4-7-8(2)6(5)9(10)11;1-2/h4H,3H2,1-2H3;1-2H3. The molecule has 0 aliphatic carbocycles. The number of hydrogen-bond donors (Lipinski definition) is 0. The summed E-state index contributed by atoms with van der Waals surface area (Å²) in [4.78, 5) is 10.00. The Morgan fingerprint density at radius 2 is 2.15 bits per heavy atom. The Hall–Kier alpha value is -1.39. The molecule has 0 unspecified atom stereocenters. The third-order valence-corrected chi connectivity index (χ3v) is 1.53. The number of nitrogens with zero attached hydrogens (tertiary/aromatic N) is 3. The summed E-state index contributed by atoms with van der Waals surface area (Å²) >= 11 is 0. The maximum absolute atomic E-state index is 10.4. The second-order valence-corrected chi connectivity index (χ2v) is 2.23. The van der Waals surface area contributed by atoms with Gasteiger partial charge in [0, 0.05) is 0 Å². The van der Waals surface area contributed by atoms with Gasteiger partial charge in [0.15, 0.2) is 0 Å². The van der Waals surface area contributed by atoms with Crippen molar-refractivity contribution in [3.05, 3.63) is 21.9 Å². The van der Waals surface area contributed by atoms with E-state index in [0.717, 1.165) is 0 Å². The summed E-state index contributed by atoms with van der Waals surface area (Å²) in [5.41, 5.74) is 0.678. The van der Waals surface area contributed by atoms with Crippen LogP contribution in [0.5, 0.6) is 0 Å². The van der Waals surface area contributed by atoms with Gasteiger partial charge in [-0.1, -0.05) is 25.9 Å². The van der Waals surface area contributed by atoms with Crippen molar-refractivity contribution < 1.29 is 4.92 Å². The Kier molecular flexibility index (Phi) is 4.72. The van der Waals surface area contributed by atoms with Crippen molar-refractivity contribution in [3.63, 3.8) is 0 Å². The highest BCUT2D eigenvalue weighted by Gasteiger charge is 2.16. The van der Waals surface area contributed by atoms with Crippen LogP contribution in [0.15, 0.2) is 6.20 Å². The van der Waals surface area contributed by atoms with Gasteiger partial charge in [-0.2, -0.15) is 0 Å². The lowest BCUT2D eigenvalue weighted by molar-refractivity contribution is -0.393. The molecule has 5 heteroatoms. The average molecular weight is 185 g/mol. The smallest absolute Gasteiger partial charge is 0.347 e. The van der Waals surface area contributed by atoms with Gasteiger partial charge in [0.25, 0.3) is 0 Å². The van der Waals surface area contributed by atoms with Gasteiger partial charge in [-0.3, -0.25) is 0 Å². The van der Waals surface area contributed by atoms with Crippen molar-refractivity contribution in [1.29, 1.82) is 0 Å². The molecule has 0 amide bonds. The normalized spacial score (nSPS) is 8.92. The molecule has 0 radical (unpaired) electrons. The Balaban J connectivity index is 0.000000671. The van der Waals surface area contributed by atoms with E-state index in [1.165, 1.54) is 10.9 Å². The van der Waals surface area contributed by atoms with Gasteiger partial charge in [0.1, 0.15) is 7.05 Å². The summed E-state index contributed by atoms with van der Waals surface area (Å²) in [6.45, 7) is 5.87. The van der Waals surface area contributed by atoms with Crippen LogP contribution in [-0.2, 0) is 13.5 Å². The van der Waals surface area contributed by atoms with Gasteiger partial charge in [-0.25, -0.2) is 0 Å². The molecule has 0 aliphatic rings. The van der Waals surface area contributed by atoms with Gasteiger partial charge < -0.3 is 10.1 Å². The topological polar surface area (TPSA) is 61.0 Å². The third kappa shape index (κ3) is 2.54. The summed E-state index contributed by atoms with van der Waals surface area (Å²) in [7, 11) is 1.57. The molecule has 0 atom stereocenters. The summed E-state index contributed by atoms with van der Waals surface area (Å²) in [5.74, 6) is 0.0903. The minimum Gasteiger partial charge on any atom is -0.358 e. The quantitative estimate of drug-likeness (QED) is 0.522. The fraction of sp³-hybridized carbons (Fsp3) is 0.625. The first-order chi connectivity index (χ1) is 6.16. The number of aromatic nitrogens is 2. The summed E-state index contributed by atoms with van der Waals surface area (Å²) in [5, 5.41) is 14.2. The van der Waals surface area contributed by atoms with Crippen molar-refractivity contribution in [2.75, 3.05) is 0 Å². The van der Waals surface area contributed by atoms with Crippen LogP contribution in [0.3, 0.4) is 0 Å². The molecular weight excluding hydrogens is 170 g/mol. The van der Waals surface area contributed by atoms with Crippen molar-refractivity contribution in [2.24, 2.45) is 7.05 Å². The first-order valence-electron chi connectivity index (χ1n) is 4.32. The summed E-state index contributed by atoms with van der Waals surface area (Å²) in [6, 6.07) is 0. The van der Waals surface area contributed by atoms with Crippen LogP contribution in [0.25, 0.3) is 0 Å².